The number of rotatable bonds is 12. The fourth-order valence-corrected chi connectivity index (χ4v) is 1.88. The van der Waals surface area contributed by atoms with Crippen molar-refractivity contribution < 1.29 is 10.0 Å². The molecule has 0 saturated heterocycles. The minimum Gasteiger partial charge on any atom is -0.409 e. The van der Waals surface area contributed by atoms with E-state index in [0.29, 0.717) is 25.8 Å². The average molecular weight is 271 g/mol. The van der Waals surface area contributed by atoms with E-state index in [1.165, 1.54) is 32.1 Å². The van der Waals surface area contributed by atoms with Gasteiger partial charge in [-0.25, -0.2) is 0 Å². The highest BCUT2D eigenvalue weighted by Crippen LogP contribution is 2.08. The Kier molecular flexibility index (Phi) is 12.3. The van der Waals surface area contributed by atoms with E-state index in [1.807, 2.05) is 0 Å². The number of carbonyl (C=O) groups excluding carboxylic acids is 1. The maximum Gasteiger partial charge on any atom is 0.219 e. The molecule has 0 heterocycles. The summed E-state index contributed by atoms with van der Waals surface area (Å²) in [6, 6.07) is 0. The van der Waals surface area contributed by atoms with Crippen molar-refractivity contribution in [3.05, 3.63) is 0 Å². The zero-order chi connectivity index (χ0) is 14.3. The summed E-state index contributed by atoms with van der Waals surface area (Å²) in [6.07, 6.45) is 10.4. The van der Waals surface area contributed by atoms with Gasteiger partial charge in [-0.2, -0.15) is 0 Å². The summed E-state index contributed by atoms with van der Waals surface area (Å²) in [5.41, 5.74) is 5.33. The standard InChI is InChI=1S/C14H29N3O2/c1-2-3-4-5-6-7-8-11-14(18)16-12-9-10-13(15)17-19/h19H,2-12H2,1H3,(H2,15,17)(H,16,18). The van der Waals surface area contributed by atoms with E-state index < -0.39 is 0 Å². The van der Waals surface area contributed by atoms with Crippen LogP contribution in [0.15, 0.2) is 5.16 Å². The Hall–Kier alpha value is -1.26. The van der Waals surface area contributed by atoms with Crippen molar-refractivity contribution in [2.45, 2.75) is 71.1 Å². The second-order valence-corrected chi connectivity index (χ2v) is 4.92. The van der Waals surface area contributed by atoms with Gasteiger partial charge in [-0.15, -0.1) is 0 Å². The molecule has 0 atom stereocenters. The van der Waals surface area contributed by atoms with Crippen molar-refractivity contribution in [3.8, 4) is 0 Å². The number of nitrogens with zero attached hydrogens (tertiary/aromatic N) is 1. The second kappa shape index (κ2) is 13.2. The van der Waals surface area contributed by atoms with Gasteiger partial charge in [-0.05, 0) is 12.8 Å². The summed E-state index contributed by atoms with van der Waals surface area (Å²) < 4.78 is 0. The SMILES string of the molecule is CCCCCCCCCC(=O)NCCCC(N)=NO. The number of oxime groups is 1. The Morgan fingerprint density at radius 1 is 1.05 bits per heavy atom. The molecule has 0 unspecified atom stereocenters. The number of nitrogens with two attached hydrogens (primary N) is 1. The van der Waals surface area contributed by atoms with Crippen LogP contribution < -0.4 is 11.1 Å². The van der Waals surface area contributed by atoms with E-state index in [2.05, 4.69) is 17.4 Å². The smallest absolute Gasteiger partial charge is 0.219 e. The van der Waals surface area contributed by atoms with Crippen LogP contribution >= 0.6 is 0 Å². The molecule has 0 aromatic rings. The van der Waals surface area contributed by atoms with Crippen LogP contribution in [-0.2, 0) is 4.79 Å². The molecule has 0 spiro atoms. The number of hydrogen-bond acceptors (Lipinski definition) is 3. The van der Waals surface area contributed by atoms with Crippen molar-refractivity contribution in [3.63, 3.8) is 0 Å². The molecule has 1 amide bonds. The first-order valence-corrected chi connectivity index (χ1v) is 7.43. The number of nitrogens with one attached hydrogen (secondary N) is 1. The van der Waals surface area contributed by atoms with Crippen molar-refractivity contribution in [1.82, 2.24) is 5.32 Å². The molecule has 5 nitrogen and oxygen atoms in total. The van der Waals surface area contributed by atoms with Crippen LogP contribution in [-0.4, -0.2) is 23.5 Å². The lowest BCUT2D eigenvalue weighted by atomic mass is 10.1. The molecular formula is C14H29N3O2. The third kappa shape index (κ3) is 13.0. The highest BCUT2D eigenvalue weighted by molar-refractivity contribution is 5.79. The van der Waals surface area contributed by atoms with E-state index in [0.717, 1.165) is 12.8 Å². The van der Waals surface area contributed by atoms with Crippen LogP contribution in [0.3, 0.4) is 0 Å². The zero-order valence-electron chi connectivity index (χ0n) is 12.2. The average Bonchev–Trinajstić information content (AvgIpc) is 2.42. The van der Waals surface area contributed by atoms with Crippen molar-refractivity contribution in [2.75, 3.05) is 6.54 Å². The Labute approximate surface area is 116 Å². The summed E-state index contributed by atoms with van der Waals surface area (Å²) in [6.45, 7) is 2.80. The van der Waals surface area contributed by atoms with E-state index in [1.54, 1.807) is 0 Å². The van der Waals surface area contributed by atoms with Crippen LogP contribution in [0.1, 0.15) is 71.1 Å². The number of hydrogen-bond donors (Lipinski definition) is 3. The maximum absolute atomic E-state index is 11.5. The van der Waals surface area contributed by atoms with Gasteiger partial charge in [-0.1, -0.05) is 50.6 Å². The number of carbonyl (C=O) groups is 1. The zero-order valence-corrected chi connectivity index (χ0v) is 12.2. The Morgan fingerprint density at radius 2 is 1.68 bits per heavy atom. The van der Waals surface area contributed by atoms with Gasteiger partial charge in [0.1, 0.15) is 5.84 Å². The molecule has 0 aliphatic heterocycles. The first-order valence-electron chi connectivity index (χ1n) is 7.43. The highest BCUT2D eigenvalue weighted by atomic mass is 16.4. The molecule has 0 radical (unpaired) electrons. The van der Waals surface area contributed by atoms with Crippen molar-refractivity contribution in [2.24, 2.45) is 10.9 Å². The largest absolute Gasteiger partial charge is 0.409 e. The van der Waals surface area contributed by atoms with Crippen LogP contribution in [0.25, 0.3) is 0 Å². The van der Waals surface area contributed by atoms with Crippen molar-refractivity contribution in [1.29, 1.82) is 0 Å². The molecule has 0 aromatic heterocycles. The molecule has 0 rings (SSSR count). The Bertz CT molecular complexity index is 255. The molecule has 0 aliphatic rings. The number of amidine groups is 1. The molecule has 0 aromatic carbocycles. The predicted molar refractivity (Wildman–Crippen MR) is 78.3 cm³/mol. The molecule has 19 heavy (non-hydrogen) atoms. The van der Waals surface area contributed by atoms with Gasteiger partial charge in [0.15, 0.2) is 0 Å². The summed E-state index contributed by atoms with van der Waals surface area (Å²) in [7, 11) is 0. The summed E-state index contributed by atoms with van der Waals surface area (Å²) in [5.74, 6) is 0.314. The van der Waals surface area contributed by atoms with Gasteiger partial charge in [0, 0.05) is 19.4 Å². The number of unbranched alkanes of at least 4 members (excludes halogenated alkanes) is 6. The molecule has 0 fully saturated rings. The molecule has 112 valence electrons. The monoisotopic (exact) mass is 271 g/mol. The lowest BCUT2D eigenvalue weighted by molar-refractivity contribution is -0.121. The van der Waals surface area contributed by atoms with E-state index in [9.17, 15) is 4.79 Å². The van der Waals surface area contributed by atoms with Gasteiger partial charge in [0.2, 0.25) is 5.91 Å². The van der Waals surface area contributed by atoms with Gasteiger partial charge in [0.25, 0.3) is 0 Å². The summed E-state index contributed by atoms with van der Waals surface area (Å²) in [4.78, 5) is 11.5. The third-order valence-corrected chi connectivity index (χ3v) is 3.07. The minimum atomic E-state index is 0.105. The molecule has 5 heteroatoms. The molecule has 4 N–H and O–H groups in total. The first kappa shape index (κ1) is 17.7. The normalized spacial score (nSPS) is 11.5. The third-order valence-electron chi connectivity index (χ3n) is 3.07. The number of amides is 1. The Morgan fingerprint density at radius 3 is 2.32 bits per heavy atom. The Balaban J connectivity index is 3.26. The summed E-state index contributed by atoms with van der Waals surface area (Å²) >= 11 is 0. The lowest BCUT2D eigenvalue weighted by Crippen LogP contribution is -2.25. The first-order chi connectivity index (χ1) is 9.20. The van der Waals surface area contributed by atoms with Crippen molar-refractivity contribution >= 4 is 11.7 Å². The quantitative estimate of drug-likeness (QED) is 0.168. The van der Waals surface area contributed by atoms with E-state index in [-0.39, 0.29) is 11.7 Å². The lowest BCUT2D eigenvalue weighted by Gasteiger charge is -2.05. The van der Waals surface area contributed by atoms with Gasteiger partial charge < -0.3 is 16.3 Å². The maximum atomic E-state index is 11.5. The highest BCUT2D eigenvalue weighted by Gasteiger charge is 2.01. The van der Waals surface area contributed by atoms with Crippen LogP contribution in [0, 0.1) is 0 Å². The van der Waals surface area contributed by atoms with Crippen LogP contribution in [0.5, 0.6) is 0 Å². The fourth-order valence-electron chi connectivity index (χ4n) is 1.88. The van der Waals surface area contributed by atoms with Gasteiger partial charge in [-0.3, -0.25) is 4.79 Å². The fraction of sp³-hybridized carbons (Fsp3) is 0.857. The van der Waals surface area contributed by atoms with E-state index in [4.69, 9.17) is 10.9 Å². The predicted octanol–water partition coefficient (Wildman–Crippen LogP) is 2.77. The van der Waals surface area contributed by atoms with Gasteiger partial charge in [0.05, 0.1) is 0 Å². The molecule has 0 bridgehead atoms. The second-order valence-electron chi connectivity index (χ2n) is 4.92. The van der Waals surface area contributed by atoms with Gasteiger partial charge >= 0.3 is 0 Å². The van der Waals surface area contributed by atoms with Crippen LogP contribution in [0.4, 0.5) is 0 Å². The van der Waals surface area contributed by atoms with Crippen LogP contribution in [0.2, 0.25) is 0 Å². The molecule has 0 saturated carbocycles. The topological polar surface area (TPSA) is 87.7 Å². The molecular weight excluding hydrogens is 242 g/mol. The van der Waals surface area contributed by atoms with E-state index >= 15 is 0 Å². The summed E-state index contributed by atoms with van der Waals surface area (Å²) in [5, 5.41) is 14.1. The minimum absolute atomic E-state index is 0.105. The molecule has 0 aliphatic carbocycles.